The molecule has 0 unspecified atom stereocenters. The second-order valence-corrected chi connectivity index (χ2v) is 5.01. The molecule has 0 saturated carbocycles. The average Bonchev–Trinajstić information content (AvgIpc) is 2.45. The number of carbonyl (C=O) groups is 1. The van der Waals surface area contributed by atoms with Gasteiger partial charge in [0.05, 0.1) is 0 Å². The van der Waals surface area contributed by atoms with E-state index in [1.54, 1.807) is 6.07 Å². The number of anilines is 1. The van der Waals surface area contributed by atoms with Gasteiger partial charge in [-0.25, -0.2) is 0 Å². The number of hydrogen-bond acceptors (Lipinski definition) is 3. The van der Waals surface area contributed by atoms with E-state index in [1.165, 1.54) is 16.7 Å². The molecule has 0 aliphatic carbocycles. The monoisotopic (exact) mass is 284 g/mol. The molecule has 3 N–H and O–H groups in total. The number of benzene rings is 2. The lowest BCUT2D eigenvalue weighted by Gasteiger charge is -2.13. The molecule has 21 heavy (non-hydrogen) atoms. The summed E-state index contributed by atoms with van der Waals surface area (Å²) in [6.45, 7) is 4.85. The Morgan fingerprint density at radius 2 is 1.81 bits per heavy atom. The molecule has 4 nitrogen and oxygen atoms in total. The number of amides is 1. The Balaban J connectivity index is 2.03. The maximum Gasteiger partial charge on any atom is 0.255 e. The number of nitrogens with two attached hydrogens (primary N) is 1. The first-order valence-electron chi connectivity index (χ1n) is 6.86. The Labute approximate surface area is 124 Å². The van der Waals surface area contributed by atoms with E-state index in [2.05, 4.69) is 37.4 Å². The van der Waals surface area contributed by atoms with Gasteiger partial charge in [0.15, 0.2) is 6.61 Å². The van der Waals surface area contributed by atoms with Crippen molar-refractivity contribution in [2.24, 2.45) is 5.73 Å². The van der Waals surface area contributed by atoms with Crippen LogP contribution in [0.25, 0.3) is 0 Å². The first-order chi connectivity index (χ1) is 10.1. The zero-order chi connectivity index (χ0) is 15.2. The molecule has 0 bridgehead atoms. The molecule has 0 saturated heterocycles. The summed E-state index contributed by atoms with van der Waals surface area (Å²) in [5, 5.41) is 3.37. The molecule has 0 fully saturated rings. The molecular formula is C17H20N2O2. The lowest BCUT2D eigenvalue weighted by molar-refractivity contribution is -0.119. The van der Waals surface area contributed by atoms with Crippen LogP contribution in [0.3, 0.4) is 0 Å². The highest BCUT2D eigenvalue weighted by Gasteiger charge is 2.03. The van der Waals surface area contributed by atoms with Crippen LogP contribution in [0.1, 0.15) is 16.7 Å². The van der Waals surface area contributed by atoms with Crippen molar-refractivity contribution in [1.82, 2.24) is 0 Å². The van der Waals surface area contributed by atoms with Crippen LogP contribution >= 0.6 is 0 Å². The molecule has 110 valence electrons. The third kappa shape index (κ3) is 4.24. The van der Waals surface area contributed by atoms with Crippen LogP contribution < -0.4 is 15.8 Å². The van der Waals surface area contributed by atoms with Crippen molar-refractivity contribution >= 4 is 11.6 Å². The van der Waals surface area contributed by atoms with Crippen molar-refractivity contribution in [3.05, 3.63) is 59.2 Å². The van der Waals surface area contributed by atoms with Gasteiger partial charge in [0.2, 0.25) is 0 Å². The SMILES string of the molecule is Cc1cccc(C)c1CNc1cccc(OCC(N)=O)c1. The summed E-state index contributed by atoms with van der Waals surface area (Å²) in [6.07, 6.45) is 0. The maximum absolute atomic E-state index is 10.7. The second kappa shape index (κ2) is 6.79. The van der Waals surface area contributed by atoms with Crippen LogP contribution in [0.2, 0.25) is 0 Å². The van der Waals surface area contributed by atoms with Crippen molar-refractivity contribution in [2.75, 3.05) is 11.9 Å². The number of rotatable bonds is 6. The van der Waals surface area contributed by atoms with E-state index in [0.29, 0.717) is 5.75 Å². The first-order valence-corrected chi connectivity index (χ1v) is 6.86. The van der Waals surface area contributed by atoms with E-state index in [9.17, 15) is 4.79 Å². The topological polar surface area (TPSA) is 64.3 Å². The predicted molar refractivity (Wildman–Crippen MR) is 84.4 cm³/mol. The minimum absolute atomic E-state index is 0.111. The predicted octanol–water partition coefficient (Wildman–Crippen LogP) is 2.78. The van der Waals surface area contributed by atoms with E-state index in [0.717, 1.165) is 12.2 Å². The maximum atomic E-state index is 10.7. The summed E-state index contributed by atoms with van der Waals surface area (Å²) in [5.41, 5.74) is 9.84. The Bertz CT molecular complexity index is 618. The van der Waals surface area contributed by atoms with Gasteiger partial charge in [-0.15, -0.1) is 0 Å². The fourth-order valence-corrected chi connectivity index (χ4v) is 2.17. The lowest BCUT2D eigenvalue weighted by atomic mass is 10.0. The molecule has 0 radical (unpaired) electrons. The van der Waals surface area contributed by atoms with Crippen LogP contribution in [-0.4, -0.2) is 12.5 Å². The van der Waals surface area contributed by atoms with Crippen LogP contribution in [0.4, 0.5) is 5.69 Å². The van der Waals surface area contributed by atoms with Crippen LogP contribution in [0, 0.1) is 13.8 Å². The molecule has 0 aliphatic heterocycles. The van der Waals surface area contributed by atoms with Crippen molar-refractivity contribution in [1.29, 1.82) is 0 Å². The summed E-state index contributed by atoms with van der Waals surface area (Å²) in [4.78, 5) is 10.7. The zero-order valence-electron chi connectivity index (χ0n) is 12.3. The Morgan fingerprint density at radius 1 is 1.14 bits per heavy atom. The van der Waals surface area contributed by atoms with Crippen molar-refractivity contribution in [3.63, 3.8) is 0 Å². The molecule has 0 aromatic heterocycles. The number of ether oxygens (including phenoxy) is 1. The van der Waals surface area contributed by atoms with E-state index in [4.69, 9.17) is 10.5 Å². The zero-order valence-corrected chi connectivity index (χ0v) is 12.3. The minimum Gasteiger partial charge on any atom is -0.484 e. The summed E-state index contributed by atoms with van der Waals surface area (Å²) >= 11 is 0. The fourth-order valence-electron chi connectivity index (χ4n) is 2.17. The van der Waals surface area contributed by atoms with Gasteiger partial charge in [0.25, 0.3) is 5.91 Å². The molecule has 0 atom stereocenters. The van der Waals surface area contributed by atoms with E-state index >= 15 is 0 Å². The van der Waals surface area contributed by atoms with Crippen LogP contribution in [-0.2, 0) is 11.3 Å². The quantitative estimate of drug-likeness (QED) is 0.857. The molecule has 4 heteroatoms. The normalized spacial score (nSPS) is 10.2. The molecule has 1 amide bonds. The highest BCUT2D eigenvalue weighted by molar-refractivity contribution is 5.75. The highest BCUT2D eigenvalue weighted by Crippen LogP contribution is 2.20. The van der Waals surface area contributed by atoms with Gasteiger partial charge in [0, 0.05) is 18.3 Å². The highest BCUT2D eigenvalue weighted by atomic mass is 16.5. The van der Waals surface area contributed by atoms with Gasteiger partial charge < -0.3 is 15.8 Å². The number of hydrogen-bond donors (Lipinski definition) is 2. The van der Waals surface area contributed by atoms with Crippen molar-refractivity contribution in [2.45, 2.75) is 20.4 Å². The van der Waals surface area contributed by atoms with Gasteiger partial charge >= 0.3 is 0 Å². The standard InChI is InChI=1S/C17H20N2O2/c1-12-5-3-6-13(2)16(12)10-19-14-7-4-8-15(9-14)21-11-17(18)20/h3-9,19H,10-11H2,1-2H3,(H2,18,20). The molecule has 2 aromatic rings. The van der Waals surface area contributed by atoms with E-state index in [1.807, 2.05) is 18.2 Å². The molecular weight excluding hydrogens is 264 g/mol. The first kappa shape index (κ1) is 14.9. The van der Waals surface area contributed by atoms with Gasteiger partial charge in [-0.1, -0.05) is 24.3 Å². The molecule has 0 spiro atoms. The number of aryl methyl sites for hydroxylation is 2. The molecule has 0 heterocycles. The summed E-state index contributed by atoms with van der Waals surface area (Å²) in [6, 6.07) is 13.8. The van der Waals surface area contributed by atoms with Gasteiger partial charge in [-0.2, -0.15) is 0 Å². The Kier molecular flexibility index (Phi) is 4.82. The second-order valence-electron chi connectivity index (χ2n) is 5.01. The fraction of sp³-hybridized carbons (Fsp3) is 0.235. The van der Waals surface area contributed by atoms with Crippen molar-refractivity contribution < 1.29 is 9.53 Å². The van der Waals surface area contributed by atoms with E-state index in [-0.39, 0.29) is 6.61 Å². The lowest BCUT2D eigenvalue weighted by Crippen LogP contribution is -2.20. The van der Waals surface area contributed by atoms with Gasteiger partial charge in [-0.05, 0) is 42.7 Å². The third-order valence-corrected chi connectivity index (χ3v) is 3.33. The Morgan fingerprint density at radius 3 is 2.48 bits per heavy atom. The smallest absolute Gasteiger partial charge is 0.255 e. The molecule has 2 rings (SSSR count). The van der Waals surface area contributed by atoms with Gasteiger partial charge in [0.1, 0.15) is 5.75 Å². The van der Waals surface area contributed by atoms with Gasteiger partial charge in [-0.3, -0.25) is 4.79 Å². The largest absolute Gasteiger partial charge is 0.484 e. The van der Waals surface area contributed by atoms with Crippen molar-refractivity contribution in [3.8, 4) is 5.75 Å². The summed E-state index contributed by atoms with van der Waals surface area (Å²) < 4.78 is 5.29. The summed E-state index contributed by atoms with van der Waals surface area (Å²) in [5.74, 6) is 0.143. The average molecular weight is 284 g/mol. The van der Waals surface area contributed by atoms with Crippen LogP contribution in [0.15, 0.2) is 42.5 Å². The number of primary amides is 1. The Hall–Kier alpha value is -2.49. The van der Waals surface area contributed by atoms with Crippen LogP contribution in [0.5, 0.6) is 5.75 Å². The number of nitrogens with one attached hydrogen (secondary N) is 1. The molecule has 0 aliphatic rings. The third-order valence-electron chi connectivity index (χ3n) is 3.33. The van der Waals surface area contributed by atoms with E-state index < -0.39 is 5.91 Å². The minimum atomic E-state index is -0.483. The molecule has 2 aromatic carbocycles. The number of carbonyl (C=O) groups excluding carboxylic acids is 1. The summed E-state index contributed by atoms with van der Waals surface area (Å²) in [7, 11) is 0.